The monoisotopic (exact) mass is 235 g/mol. The van der Waals surface area contributed by atoms with Crippen molar-refractivity contribution >= 4 is 0 Å². The van der Waals surface area contributed by atoms with E-state index in [0.717, 1.165) is 25.4 Å². The first kappa shape index (κ1) is 14.0. The summed E-state index contributed by atoms with van der Waals surface area (Å²) in [6, 6.07) is 8.55. The molecule has 1 heterocycles. The third-order valence-electron chi connectivity index (χ3n) is 2.98. The first-order valence-electron chi connectivity index (χ1n) is 6.83. The Bertz CT molecular complexity index is 306. The van der Waals surface area contributed by atoms with E-state index in [1.54, 1.807) is 0 Å². The van der Waals surface area contributed by atoms with E-state index < -0.39 is 0 Å². The molecule has 1 aliphatic rings. The molecule has 0 aliphatic carbocycles. The van der Waals surface area contributed by atoms with E-state index in [2.05, 4.69) is 23.5 Å². The lowest BCUT2D eigenvalue weighted by Crippen LogP contribution is -2.26. The molecule has 0 unspecified atom stereocenters. The highest BCUT2D eigenvalue weighted by molar-refractivity contribution is 5.31. The summed E-state index contributed by atoms with van der Waals surface area (Å²) < 4.78 is 5.52. The van der Waals surface area contributed by atoms with Crippen molar-refractivity contribution in [2.75, 3.05) is 19.7 Å². The van der Waals surface area contributed by atoms with Crippen LogP contribution in [0.15, 0.2) is 24.3 Å². The molecule has 0 bridgehead atoms. The maximum Gasteiger partial charge on any atom is 0.119 e. The highest BCUT2D eigenvalue weighted by atomic mass is 16.5. The normalized spacial score (nSPS) is 15.9. The van der Waals surface area contributed by atoms with Gasteiger partial charge in [0.25, 0.3) is 0 Å². The van der Waals surface area contributed by atoms with Crippen molar-refractivity contribution in [2.45, 2.75) is 39.5 Å². The quantitative estimate of drug-likeness (QED) is 0.864. The van der Waals surface area contributed by atoms with Gasteiger partial charge in [-0.2, -0.15) is 0 Å². The number of hydrogen-bond donors (Lipinski definition) is 1. The fraction of sp³-hybridized carbons (Fsp3) is 0.600. The molecule has 1 fully saturated rings. The molecule has 0 amide bonds. The van der Waals surface area contributed by atoms with Gasteiger partial charge in [-0.05, 0) is 56.5 Å². The number of hydrogen-bond acceptors (Lipinski definition) is 2. The Morgan fingerprint density at radius 1 is 1.24 bits per heavy atom. The summed E-state index contributed by atoms with van der Waals surface area (Å²) >= 11 is 0. The molecule has 0 saturated carbocycles. The SMILES string of the molecule is CC.CCOc1cccc(C2CCNCC2)c1. The average Bonchev–Trinajstić information content (AvgIpc) is 2.43. The largest absolute Gasteiger partial charge is 0.494 e. The maximum atomic E-state index is 5.52. The van der Waals surface area contributed by atoms with E-state index in [4.69, 9.17) is 4.74 Å². The molecule has 2 rings (SSSR count). The van der Waals surface area contributed by atoms with Crippen molar-refractivity contribution in [2.24, 2.45) is 0 Å². The first-order chi connectivity index (χ1) is 8.40. The number of piperidine rings is 1. The van der Waals surface area contributed by atoms with Gasteiger partial charge in [0.15, 0.2) is 0 Å². The van der Waals surface area contributed by atoms with Crippen molar-refractivity contribution in [1.29, 1.82) is 0 Å². The second kappa shape index (κ2) is 8.13. The van der Waals surface area contributed by atoms with Gasteiger partial charge >= 0.3 is 0 Å². The van der Waals surface area contributed by atoms with Crippen molar-refractivity contribution < 1.29 is 4.74 Å². The van der Waals surface area contributed by atoms with E-state index in [-0.39, 0.29) is 0 Å². The van der Waals surface area contributed by atoms with Crippen LogP contribution in [0.5, 0.6) is 5.75 Å². The molecule has 2 heteroatoms. The third kappa shape index (κ3) is 4.39. The molecule has 17 heavy (non-hydrogen) atoms. The Hall–Kier alpha value is -1.02. The fourth-order valence-electron chi connectivity index (χ4n) is 2.18. The molecule has 2 nitrogen and oxygen atoms in total. The Balaban J connectivity index is 0.000000686. The molecular formula is C15H25NO. The summed E-state index contributed by atoms with van der Waals surface area (Å²) in [5, 5.41) is 3.39. The number of rotatable bonds is 3. The van der Waals surface area contributed by atoms with E-state index >= 15 is 0 Å². The Kier molecular flexibility index (Phi) is 6.71. The van der Waals surface area contributed by atoms with Gasteiger partial charge in [-0.25, -0.2) is 0 Å². The summed E-state index contributed by atoms with van der Waals surface area (Å²) in [7, 11) is 0. The van der Waals surface area contributed by atoms with E-state index in [1.165, 1.54) is 18.4 Å². The van der Waals surface area contributed by atoms with Crippen LogP contribution in [0.4, 0.5) is 0 Å². The van der Waals surface area contributed by atoms with Crippen molar-refractivity contribution in [3.8, 4) is 5.75 Å². The van der Waals surface area contributed by atoms with Crippen LogP contribution in [-0.4, -0.2) is 19.7 Å². The minimum atomic E-state index is 0.714. The third-order valence-corrected chi connectivity index (χ3v) is 2.98. The summed E-state index contributed by atoms with van der Waals surface area (Å²) in [4.78, 5) is 0. The molecule has 0 radical (unpaired) electrons. The Labute approximate surface area is 105 Å². The molecule has 0 atom stereocenters. The molecule has 96 valence electrons. The molecule has 0 aromatic heterocycles. The van der Waals surface area contributed by atoms with E-state index in [1.807, 2.05) is 26.8 Å². The zero-order valence-electron chi connectivity index (χ0n) is 11.3. The van der Waals surface area contributed by atoms with Gasteiger partial charge in [-0.15, -0.1) is 0 Å². The minimum Gasteiger partial charge on any atom is -0.494 e. The summed E-state index contributed by atoms with van der Waals surface area (Å²) in [6.07, 6.45) is 2.49. The summed E-state index contributed by atoms with van der Waals surface area (Å²) in [5.41, 5.74) is 1.43. The lowest BCUT2D eigenvalue weighted by atomic mass is 9.90. The van der Waals surface area contributed by atoms with Gasteiger partial charge < -0.3 is 10.1 Å². The maximum absolute atomic E-state index is 5.52. The van der Waals surface area contributed by atoms with E-state index in [9.17, 15) is 0 Å². The number of nitrogens with one attached hydrogen (secondary N) is 1. The molecule has 1 saturated heterocycles. The number of ether oxygens (including phenoxy) is 1. The Morgan fingerprint density at radius 3 is 2.59 bits per heavy atom. The predicted octanol–water partition coefficient (Wildman–Crippen LogP) is 3.58. The molecule has 1 aromatic carbocycles. The zero-order valence-corrected chi connectivity index (χ0v) is 11.3. The highest BCUT2D eigenvalue weighted by Gasteiger charge is 2.15. The van der Waals surface area contributed by atoms with Gasteiger partial charge in [-0.3, -0.25) is 0 Å². The molecule has 1 aliphatic heterocycles. The summed E-state index contributed by atoms with van der Waals surface area (Å²) in [6.45, 7) is 9.06. The van der Waals surface area contributed by atoms with Crippen LogP contribution in [0.3, 0.4) is 0 Å². The lowest BCUT2D eigenvalue weighted by Gasteiger charge is -2.23. The van der Waals surface area contributed by atoms with Crippen molar-refractivity contribution in [3.05, 3.63) is 29.8 Å². The van der Waals surface area contributed by atoms with Crippen LogP contribution >= 0.6 is 0 Å². The second-order valence-electron chi connectivity index (χ2n) is 4.03. The number of benzene rings is 1. The second-order valence-corrected chi connectivity index (χ2v) is 4.03. The van der Waals surface area contributed by atoms with Gasteiger partial charge in [0, 0.05) is 0 Å². The minimum absolute atomic E-state index is 0.714. The topological polar surface area (TPSA) is 21.3 Å². The predicted molar refractivity (Wildman–Crippen MR) is 73.8 cm³/mol. The van der Waals surface area contributed by atoms with Crippen LogP contribution in [0.25, 0.3) is 0 Å². The lowest BCUT2D eigenvalue weighted by molar-refractivity contribution is 0.339. The average molecular weight is 235 g/mol. The first-order valence-corrected chi connectivity index (χ1v) is 6.83. The standard InChI is InChI=1S/C13H19NO.C2H6/c1-2-15-13-5-3-4-12(10-13)11-6-8-14-9-7-11;1-2/h3-5,10-11,14H,2,6-9H2,1H3;1-2H3. The molecule has 1 N–H and O–H groups in total. The highest BCUT2D eigenvalue weighted by Crippen LogP contribution is 2.27. The molecule has 1 aromatic rings. The van der Waals surface area contributed by atoms with Crippen LogP contribution in [0, 0.1) is 0 Å². The van der Waals surface area contributed by atoms with E-state index in [0.29, 0.717) is 5.92 Å². The summed E-state index contributed by atoms with van der Waals surface area (Å²) in [5.74, 6) is 1.72. The van der Waals surface area contributed by atoms with Crippen molar-refractivity contribution in [1.82, 2.24) is 5.32 Å². The van der Waals surface area contributed by atoms with Gasteiger partial charge in [-0.1, -0.05) is 26.0 Å². The van der Waals surface area contributed by atoms with Crippen LogP contribution in [-0.2, 0) is 0 Å². The molecular weight excluding hydrogens is 210 g/mol. The van der Waals surface area contributed by atoms with Crippen molar-refractivity contribution in [3.63, 3.8) is 0 Å². The van der Waals surface area contributed by atoms with Gasteiger partial charge in [0.2, 0.25) is 0 Å². The Morgan fingerprint density at radius 2 is 1.94 bits per heavy atom. The van der Waals surface area contributed by atoms with Crippen LogP contribution in [0.2, 0.25) is 0 Å². The zero-order chi connectivity index (χ0) is 12.5. The van der Waals surface area contributed by atoms with Gasteiger partial charge in [0.05, 0.1) is 6.61 Å². The van der Waals surface area contributed by atoms with Crippen LogP contribution < -0.4 is 10.1 Å². The van der Waals surface area contributed by atoms with Gasteiger partial charge in [0.1, 0.15) is 5.75 Å². The van der Waals surface area contributed by atoms with Crippen LogP contribution in [0.1, 0.15) is 45.1 Å². The molecule has 0 spiro atoms. The fourth-order valence-corrected chi connectivity index (χ4v) is 2.18. The smallest absolute Gasteiger partial charge is 0.119 e.